The Labute approximate surface area is 58.5 Å². The van der Waals surface area contributed by atoms with Crippen LogP contribution in [0.2, 0.25) is 0 Å². The summed E-state index contributed by atoms with van der Waals surface area (Å²) in [5.74, 6) is -1.75. The van der Waals surface area contributed by atoms with Crippen LogP contribution in [0.15, 0.2) is 0 Å². The molecular weight excluding hydrogens is 136 g/mol. The van der Waals surface area contributed by atoms with Crippen molar-refractivity contribution in [3.05, 3.63) is 0 Å². The third kappa shape index (κ3) is 3.03. The van der Waals surface area contributed by atoms with E-state index in [1.165, 1.54) is 0 Å². The number of rotatable bonds is 1. The maximum Gasteiger partial charge on any atom is 0.396 e. The molecule has 0 aromatic rings. The first-order valence-corrected chi connectivity index (χ1v) is 2.72. The average Bonchev–Trinajstić information content (AvgIpc) is 1.85. The normalized spacial score (nSPS) is 11.9. The van der Waals surface area contributed by atoms with Gasteiger partial charge in [0.1, 0.15) is 0 Å². The molecule has 0 bridgehead atoms. The highest BCUT2D eigenvalue weighted by Gasteiger charge is 2.13. The van der Waals surface area contributed by atoms with Crippen LogP contribution in [-0.2, 0) is 14.3 Å². The van der Waals surface area contributed by atoms with Gasteiger partial charge in [0.05, 0.1) is 13.3 Å². The highest BCUT2D eigenvalue weighted by Crippen LogP contribution is 1.74. The molecule has 0 aromatic heterocycles. The number of esters is 1. The maximum atomic E-state index is 10.5. The van der Waals surface area contributed by atoms with E-state index in [9.17, 15) is 9.59 Å². The van der Waals surface area contributed by atoms with Crippen LogP contribution in [0.3, 0.4) is 0 Å². The SMILES string of the molecule is COC(=O)C(=O)NC(C)N. The van der Waals surface area contributed by atoms with Gasteiger partial charge in [-0.15, -0.1) is 0 Å². The van der Waals surface area contributed by atoms with Gasteiger partial charge in [-0.05, 0) is 6.92 Å². The summed E-state index contributed by atoms with van der Waals surface area (Å²) in [7, 11) is 1.13. The second kappa shape index (κ2) is 3.84. The molecule has 58 valence electrons. The summed E-state index contributed by atoms with van der Waals surface area (Å²) in [6.07, 6.45) is -0.536. The molecule has 5 nitrogen and oxygen atoms in total. The predicted octanol–water partition coefficient (Wildman–Crippen LogP) is -1.42. The highest BCUT2D eigenvalue weighted by atomic mass is 16.5. The van der Waals surface area contributed by atoms with E-state index < -0.39 is 18.0 Å². The number of carbonyl (C=O) groups is 2. The zero-order valence-corrected chi connectivity index (χ0v) is 5.88. The molecule has 0 fully saturated rings. The molecule has 0 saturated heterocycles. The Morgan fingerprint density at radius 3 is 2.40 bits per heavy atom. The molecule has 1 unspecified atom stereocenters. The minimum Gasteiger partial charge on any atom is -0.462 e. The van der Waals surface area contributed by atoms with Crippen LogP contribution in [-0.4, -0.2) is 25.2 Å². The summed E-state index contributed by atoms with van der Waals surface area (Å²) >= 11 is 0. The quantitative estimate of drug-likeness (QED) is 0.270. The molecule has 0 spiro atoms. The van der Waals surface area contributed by atoms with Crippen molar-refractivity contribution in [2.75, 3.05) is 7.11 Å². The van der Waals surface area contributed by atoms with E-state index in [2.05, 4.69) is 10.1 Å². The molecule has 10 heavy (non-hydrogen) atoms. The van der Waals surface area contributed by atoms with Gasteiger partial charge >= 0.3 is 11.9 Å². The largest absolute Gasteiger partial charge is 0.462 e. The van der Waals surface area contributed by atoms with E-state index in [-0.39, 0.29) is 0 Å². The van der Waals surface area contributed by atoms with Gasteiger partial charge in [0.2, 0.25) is 0 Å². The van der Waals surface area contributed by atoms with Gasteiger partial charge in [-0.25, -0.2) is 4.79 Å². The fourth-order valence-corrected chi connectivity index (χ4v) is 0.358. The Balaban J connectivity index is 3.74. The van der Waals surface area contributed by atoms with Gasteiger partial charge in [-0.2, -0.15) is 0 Å². The predicted molar refractivity (Wildman–Crippen MR) is 33.8 cm³/mol. The molecule has 0 aliphatic carbocycles. The minimum atomic E-state index is -0.933. The minimum absolute atomic E-state index is 0.536. The van der Waals surface area contributed by atoms with Gasteiger partial charge in [0, 0.05) is 0 Å². The maximum absolute atomic E-state index is 10.5. The van der Waals surface area contributed by atoms with E-state index in [0.29, 0.717) is 0 Å². The second-order valence-corrected chi connectivity index (χ2v) is 1.75. The van der Waals surface area contributed by atoms with E-state index >= 15 is 0 Å². The lowest BCUT2D eigenvalue weighted by Crippen LogP contribution is -2.42. The Kier molecular flexibility index (Phi) is 3.42. The average molecular weight is 146 g/mol. The number of methoxy groups -OCH3 is 1. The fourth-order valence-electron chi connectivity index (χ4n) is 0.358. The lowest BCUT2D eigenvalue weighted by molar-refractivity contribution is -0.153. The number of hydrogen-bond donors (Lipinski definition) is 2. The van der Waals surface area contributed by atoms with Crippen LogP contribution >= 0.6 is 0 Å². The van der Waals surface area contributed by atoms with E-state index in [4.69, 9.17) is 5.73 Å². The van der Waals surface area contributed by atoms with Gasteiger partial charge in [-0.1, -0.05) is 0 Å². The molecule has 0 aliphatic heterocycles. The third-order valence-electron chi connectivity index (χ3n) is 0.730. The van der Waals surface area contributed by atoms with Crippen molar-refractivity contribution in [2.45, 2.75) is 13.1 Å². The lowest BCUT2D eigenvalue weighted by Gasteiger charge is -2.05. The summed E-state index contributed by atoms with van der Waals surface area (Å²) in [5, 5.41) is 2.16. The molecule has 0 heterocycles. The van der Waals surface area contributed by atoms with E-state index in [1.807, 2.05) is 0 Å². The topological polar surface area (TPSA) is 81.4 Å². The molecule has 5 heteroatoms. The molecule has 3 N–H and O–H groups in total. The van der Waals surface area contributed by atoms with Gasteiger partial charge in [0.15, 0.2) is 0 Å². The van der Waals surface area contributed by atoms with E-state index in [1.54, 1.807) is 6.92 Å². The van der Waals surface area contributed by atoms with Crippen molar-refractivity contribution in [3.63, 3.8) is 0 Å². The second-order valence-electron chi connectivity index (χ2n) is 1.75. The lowest BCUT2D eigenvalue weighted by atomic mass is 10.5. The van der Waals surface area contributed by atoms with Crippen molar-refractivity contribution in [1.29, 1.82) is 0 Å². The first-order valence-electron chi connectivity index (χ1n) is 2.72. The Bertz CT molecular complexity index is 144. The van der Waals surface area contributed by atoms with Crippen LogP contribution in [0.4, 0.5) is 0 Å². The zero-order chi connectivity index (χ0) is 8.15. The summed E-state index contributed by atoms with van der Waals surface area (Å²) in [5.41, 5.74) is 5.15. The van der Waals surface area contributed by atoms with Crippen molar-refractivity contribution >= 4 is 11.9 Å². The molecule has 0 saturated carbocycles. The van der Waals surface area contributed by atoms with Crippen molar-refractivity contribution in [3.8, 4) is 0 Å². The van der Waals surface area contributed by atoms with Crippen LogP contribution < -0.4 is 11.1 Å². The van der Waals surface area contributed by atoms with Crippen LogP contribution in [0.1, 0.15) is 6.92 Å². The monoisotopic (exact) mass is 146 g/mol. The molecule has 0 radical (unpaired) electrons. The summed E-state index contributed by atoms with van der Waals surface area (Å²) in [6, 6.07) is 0. The fraction of sp³-hybridized carbons (Fsp3) is 0.600. The highest BCUT2D eigenvalue weighted by molar-refractivity contribution is 6.32. The summed E-state index contributed by atoms with van der Waals surface area (Å²) in [6.45, 7) is 1.54. The number of carbonyl (C=O) groups excluding carboxylic acids is 2. The number of amides is 1. The third-order valence-corrected chi connectivity index (χ3v) is 0.730. The summed E-state index contributed by atoms with van der Waals surface area (Å²) in [4.78, 5) is 20.9. The Morgan fingerprint density at radius 1 is 1.60 bits per heavy atom. The first-order chi connectivity index (χ1) is 4.57. The number of hydrogen-bond acceptors (Lipinski definition) is 4. The van der Waals surface area contributed by atoms with Crippen LogP contribution in [0.5, 0.6) is 0 Å². The van der Waals surface area contributed by atoms with Crippen LogP contribution in [0.25, 0.3) is 0 Å². The summed E-state index contributed by atoms with van der Waals surface area (Å²) < 4.78 is 4.11. The van der Waals surface area contributed by atoms with Crippen molar-refractivity contribution in [2.24, 2.45) is 5.73 Å². The first kappa shape index (κ1) is 8.90. The van der Waals surface area contributed by atoms with Crippen molar-refractivity contribution in [1.82, 2.24) is 5.32 Å². The Morgan fingerprint density at radius 2 is 2.10 bits per heavy atom. The molecule has 1 amide bonds. The van der Waals surface area contributed by atoms with Gasteiger partial charge < -0.3 is 15.8 Å². The Hall–Kier alpha value is -1.10. The van der Waals surface area contributed by atoms with Crippen molar-refractivity contribution < 1.29 is 14.3 Å². The molecule has 0 rings (SSSR count). The number of nitrogens with one attached hydrogen (secondary N) is 1. The van der Waals surface area contributed by atoms with Gasteiger partial charge in [-0.3, -0.25) is 4.79 Å². The number of ether oxygens (including phenoxy) is 1. The van der Waals surface area contributed by atoms with E-state index in [0.717, 1.165) is 7.11 Å². The molecule has 1 atom stereocenters. The zero-order valence-electron chi connectivity index (χ0n) is 5.88. The smallest absolute Gasteiger partial charge is 0.396 e. The van der Waals surface area contributed by atoms with Gasteiger partial charge in [0.25, 0.3) is 0 Å². The molecule has 0 aromatic carbocycles. The molecule has 0 aliphatic rings. The standard InChI is InChI=1S/C5H10N2O3/c1-3(6)7-4(8)5(9)10-2/h3H,6H2,1-2H3,(H,7,8). The van der Waals surface area contributed by atoms with Crippen LogP contribution in [0, 0.1) is 0 Å². The molecular formula is C5H10N2O3. The number of nitrogens with two attached hydrogens (primary N) is 1.